The fraction of sp³-hybridized carbons (Fsp3) is 0.333. The van der Waals surface area contributed by atoms with E-state index in [9.17, 15) is 17.6 Å². The smallest absolute Gasteiger partial charge is 0.327 e. The lowest BCUT2D eigenvalue weighted by atomic mass is 9.95. The van der Waals surface area contributed by atoms with E-state index in [0.29, 0.717) is 4.47 Å². The summed E-state index contributed by atoms with van der Waals surface area (Å²) in [6.45, 7) is -1.13. The SMILES string of the molecule is NCC(F)(c1ccc(Br)cc1)C(F)(F)F. The lowest BCUT2D eigenvalue weighted by Gasteiger charge is -2.26. The Balaban J connectivity index is 3.18. The number of alkyl halides is 4. The molecule has 84 valence electrons. The topological polar surface area (TPSA) is 26.0 Å². The van der Waals surface area contributed by atoms with Crippen LogP contribution in [0.3, 0.4) is 0 Å². The number of benzene rings is 1. The molecule has 15 heavy (non-hydrogen) atoms. The summed E-state index contributed by atoms with van der Waals surface area (Å²) < 4.78 is 51.5. The summed E-state index contributed by atoms with van der Waals surface area (Å²) in [7, 11) is 0. The van der Waals surface area contributed by atoms with Crippen molar-refractivity contribution in [2.45, 2.75) is 11.8 Å². The Morgan fingerprint density at radius 2 is 1.53 bits per heavy atom. The number of nitrogens with two attached hydrogens (primary N) is 1. The first kappa shape index (κ1) is 12.4. The molecule has 0 fully saturated rings. The van der Waals surface area contributed by atoms with Crippen molar-refractivity contribution in [2.75, 3.05) is 6.54 Å². The molecular formula is C9H8BrF4N. The van der Waals surface area contributed by atoms with Crippen LogP contribution in [0.5, 0.6) is 0 Å². The van der Waals surface area contributed by atoms with Gasteiger partial charge in [0.05, 0.1) is 0 Å². The molecule has 0 saturated heterocycles. The lowest BCUT2D eigenvalue weighted by Crippen LogP contribution is -2.44. The maximum absolute atomic E-state index is 13.6. The van der Waals surface area contributed by atoms with E-state index in [1.165, 1.54) is 12.1 Å². The first-order chi connectivity index (χ1) is 6.81. The maximum atomic E-state index is 13.6. The molecule has 0 aliphatic heterocycles. The Bertz CT molecular complexity index is 335. The first-order valence-corrected chi connectivity index (χ1v) is 4.82. The quantitative estimate of drug-likeness (QED) is 0.830. The van der Waals surface area contributed by atoms with Gasteiger partial charge in [-0.3, -0.25) is 0 Å². The molecule has 0 aromatic heterocycles. The van der Waals surface area contributed by atoms with Crippen LogP contribution >= 0.6 is 15.9 Å². The summed E-state index contributed by atoms with van der Waals surface area (Å²) in [6, 6.07) is 4.80. The molecule has 0 amide bonds. The van der Waals surface area contributed by atoms with Gasteiger partial charge >= 0.3 is 6.18 Å². The van der Waals surface area contributed by atoms with Crippen LogP contribution in [-0.4, -0.2) is 12.7 Å². The van der Waals surface area contributed by atoms with Gasteiger partial charge in [-0.2, -0.15) is 13.2 Å². The highest BCUT2D eigenvalue weighted by molar-refractivity contribution is 9.10. The van der Waals surface area contributed by atoms with Crippen LogP contribution in [0.25, 0.3) is 0 Å². The highest BCUT2D eigenvalue weighted by Gasteiger charge is 2.56. The third kappa shape index (κ3) is 2.31. The predicted molar refractivity (Wildman–Crippen MR) is 52.0 cm³/mol. The Morgan fingerprint density at radius 3 is 1.87 bits per heavy atom. The van der Waals surface area contributed by atoms with Crippen LogP contribution in [0.1, 0.15) is 5.56 Å². The highest BCUT2D eigenvalue weighted by atomic mass is 79.9. The standard InChI is InChI=1S/C9H8BrF4N/c10-7-3-1-6(2-4-7)8(11,5-15)9(12,13)14/h1-4H,5,15H2. The number of hydrogen-bond donors (Lipinski definition) is 1. The van der Waals surface area contributed by atoms with E-state index in [2.05, 4.69) is 15.9 Å². The molecule has 0 aliphatic carbocycles. The Labute approximate surface area is 92.4 Å². The molecule has 1 nitrogen and oxygen atoms in total. The van der Waals surface area contributed by atoms with Crippen molar-refractivity contribution in [3.8, 4) is 0 Å². The summed E-state index contributed by atoms with van der Waals surface area (Å²) in [4.78, 5) is 0. The van der Waals surface area contributed by atoms with Gasteiger partial charge in [-0.1, -0.05) is 28.1 Å². The average Bonchev–Trinajstić information content (AvgIpc) is 2.16. The fourth-order valence-electron chi connectivity index (χ4n) is 1.11. The van der Waals surface area contributed by atoms with Crippen molar-refractivity contribution in [3.05, 3.63) is 34.3 Å². The molecule has 0 heterocycles. The van der Waals surface area contributed by atoms with Gasteiger partial charge in [0.2, 0.25) is 5.67 Å². The van der Waals surface area contributed by atoms with Crippen LogP contribution in [0.4, 0.5) is 17.6 Å². The van der Waals surface area contributed by atoms with Crippen molar-refractivity contribution < 1.29 is 17.6 Å². The Kier molecular flexibility index (Phi) is 3.40. The van der Waals surface area contributed by atoms with E-state index in [1.807, 2.05) is 0 Å². The minimum absolute atomic E-state index is 0.485. The van der Waals surface area contributed by atoms with Crippen LogP contribution in [-0.2, 0) is 5.67 Å². The van der Waals surface area contributed by atoms with E-state index in [1.54, 1.807) is 0 Å². The fourth-order valence-corrected chi connectivity index (χ4v) is 1.38. The zero-order valence-corrected chi connectivity index (χ0v) is 9.07. The van der Waals surface area contributed by atoms with Crippen LogP contribution in [0.2, 0.25) is 0 Å². The second-order valence-corrected chi connectivity index (χ2v) is 3.93. The second kappa shape index (κ2) is 4.09. The molecule has 0 aliphatic rings. The molecule has 0 spiro atoms. The van der Waals surface area contributed by atoms with Crippen molar-refractivity contribution in [1.29, 1.82) is 0 Å². The molecule has 1 atom stereocenters. The van der Waals surface area contributed by atoms with E-state index >= 15 is 0 Å². The third-order valence-electron chi connectivity index (χ3n) is 2.03. The largest absolute Gasteiger partial charge is 0.428 e. The van der Waals surface area contributed by atoms with E-state index in [4.69, 9.17) is 5.73 Å². The van der Waals surface area contributed by atoms with E-state index < -0.39 is 24.0 Å². The minimum Gasteiger partial charge on any atom is -0.327 e. The minimum atomic E-state index is -5.00. The second-order valence-electron chi connectivity index (χ2n) is 3.01. The molecule has 1 aromatic carbocycles. The molecule has 1 aromatic rings. The Morgan fingerprint density at radius 1 is 1.07 bits per heavy atom. The molecule has 6 heteroatoms. The van der Waals surface area contributed by atoms with Crippen molar-refractivity contribution in [1.82, 2.24) is 0 Å². The highest BCUT2D eigenvalue weighted by Crippen LogP contribution is 2.41. The number of halogens is 5. The zero-order chi connectivity index (χ0) is 11.7. The molecule has 1 rings (SSSR count). The third-order valence-corrected chi connectivity index (χ3v) is 2.56. The molecule has 0 saturated carbocycles. The van der Waals surface area contributed by atoms with Crippen LogP contribution < -0.4 is 5.73 Å². The van der Waals surface area contributed by atoms with Gasteiger partial charge in [0.15, 0.2) is 0 Å². The van der Waals surface area contributed by atoms with Crippen LogP contribution in [0.15, 0.2) is 28.7 Å². The number of rotatable bonds is 2. The molecular weight excluding hydrogens is 278 g/mol. The maximum Gasteiger partial charge on any atom is 0.428 e. The van der Waals surface area contributed by atoms with Gasteiger partial charge in [0.1, 0.15) is 0 Å². The Hall–Kier alpha value is -0.620. The molecule has 0 radical (unpaired) electrons. The molecule has 2 N–H and O–H groups in total. The van der Waals surface area contributed by atoms with Crippen LogP contribution in [0, 0.1) is 0 Å². The van der Waals surface area contributed by atoms with Crippen molar-refractivity contribution >= 4 is 15.9 Å². The normalized spacial score (nSPS) is 16.1. The summed E-state index contributed by atoms with van der Waals surface area (Å²) >= 11 is 3.05. The van der Waals surface area contributed by atoms with Gasteiger partial charge in [-0.05, 0) is 17.7 Å². The van der Waals surface area contributed by atoms with E-state index in [0.717, 1.165) is 12.1 Å². The zero-order valence-electron chi connectivity index (χ0n) is 7.48. The van der Waals surface area contributed by atoms with Gasteiger partial charge in [0, 0.05) is 11.0 Å². The predicted octanol–water partition coefficient (Wildman–Crippen LogP) is 3.13. The average molecular weight is 286 g/mol. The summed E-state index contributed by atoms with van der Waals surface area (Å²) in [5.41, 5.74) is 0.893. The van der Waals surface area contributed by atoms with Gasteiger partial charge < -0.3 is 5.73 Å². The van der Waals surface area contributed by atoms with E-state index in [-0.39, 0.29) is 0 Å². The van der Waals surface area contributed by atoms with Gasteiger partial charge in [0.25, 0.3) is 0 Å². The van der Waals surface area contributed by atoms with Crippen molar-refractivity contribution in [2.24, 2.45) is 5.73 Å². The summed E-state index contributed by atoms with van der Waals surface area (Å²) in [6.07, 6.45) is -5.00. The van der Waals surface area contributed by atoms with Gasteiger partial charge in [-0.25, -0.2) is 4.39 Å². The van der Waals surface area contributed by atoms with Crippen molar-refractivity contribution in [3.63, 3.8) is 0 Å². The lowest BCUT2D eigenvalue weighted by molar-refractivity contribution is -0.231. The molecule has 1 unspecified atom stereocenters. The summed E-state index contributed by atoms with van der Waals surface area (Å²) in [5, 5.41) is 0. The summed E-state index contributed by atoms with van der Waals surface area (Å²) in [5.74, 6) is 0. The van der Waals surface area contributed by atoms with Gasteiger partial charge in [-0.15, -0.1) is 0 Å². The monoisotopic (exact) mass is 285 g/mol. The number of hydrogen-bond acceptors (Lipinski definition) is 1. The molecule has 0 bridgehead atoms. The first-order valence-electron chi connectivity index (χ1n) is 4.03.